The Morgan fingerprint density at radius 1 is 1.44 bits per heavy atom. The van der Waals surface area contributed by atoms with Crippen LogP contribution >= 0.6 is 0 Å². The second kappa shape index (κ2) is 6.63. The summed E-state index contributed by atoms with van der Waals surface area (Å²) in [7, 11) is 0. The highest BCUT2D eigenvalue weighted by atomic mass is 16.4. The van der Waals surface area contributed by atoms with Crippen LogP contribution in [0, 0.1) is 0 Å². The van der Waals surface area contributed by atoms with Crippen molar-refractivity contribution in [1.82, 2.24) is 20.2 Å². The highest BCUT2D eigenvalue weighted by molar-refractivity contribution is 5.82. The van der Waals surface area contributed by atoms with Crippen molar-refractivity contribution in [3.8, 4) is 0 Å². The predicted molar refractivity (Wildman–Crippen MR) is 65.1 cm³/mol. The third-order valence-electron chi connectivity index (χ3n) is 2.43. The Hall–Kier alpha value is -2.05. The highest BCUT2D eigenvalue weighted by Crippen LogP contribution is 1.94. The molecule has 1 unspecified atom stereocenters. The molecule has 0 aromatic carbocycles. The summed E-state index contributed by atoms with van der Waals surface area (Å²) in [4.78, 5) is 26.2. The molecule has 0 spiro atoms. The molecular formula is C11H18N4O3. The van der Waals surface area contributed by atoms with Crippen LogP contribution in [0.25, 0.3) is 0 Å². The van der Waals surface area contributed by atoms with E-state index >= 15 is 0 Å². The number of carboxylic acids is 1. The van der Waals surface area contributed by atoms with E-state index in [1.54, 1.807) is 25.6 Å². The number of carboxylic acid groups (broad SMARTS) is 1. The summed E-state index contributed by atoms with van der Waals surface area (Å²) in [6.45, 7) is 4.12. The third-order valence-corrected chi connectivity index (χ3v) is 2.43. The lowest BCUT2D eigenvalue weighted by Crippen LogP contribution is -2.48. The maximum Gasteiger partial charge on any atom is 0.326 e. The number of carbonyl (C=O) groups is 2. The Labute approximate surface area is 105 Å². The summed E-state index contributed by atoms with van der Waals surface area (Å²) in [6.07, 6.45) is 5.45. The molecule has 100 valence electrons. The van der Waals surface area contributed by atoms with Gasteiger partial charge in [0.15, 0.2) is 0 Å². The Morgan fingerprint density at radius 3 is 2.67 bits per heavy atom. The second-order valence-electron chi connectivity index (χ2n) is 4.08. The molecule has 7 nitrogen and oxygen atoms in total. The van der Waals surface area contributed by atoms with Gasteiger partial charge >= 0.3 is 12.0 Å². The molecule has 0 radical (unpaired) electrons. The summed E-state index contributed by atoms with van der Waals surface area (Å²) in [5.41, 5.74) is 0. The van der Waals surface area contributed by atoms with Crippen molar-refractivity contribution in [3.63, 3.8) is 0 Å². The van der Waals surface area contributed by atoms with E-state index in [9.17, 15) is 9.59 Å². The van der Waals surface area contributed by atoms with E-state index in [4.69, 9.17) is 5.11 Å². The average molecular weight is 254 g/mol. The second-order valence-corrected chi connectivity index (χ2v) is 4.08. The maximum atomic E-state index is 11.5. The zero-order valence-corrected chi connectivity index (χ0v) is 10.5. The van der Waals surface area contributed by atoms with Gasteiger partial charge in [0.25, 0.3) is 0 Å². The molecule has 0 saturated heterocycles. The maximum absolute atomic E-state index is 11.5. The molecule has 0 bridgehead atoms. The molecule has 1 rings (SSSR count). The fraction of sp³-hybridized carbons (Fsp3) is 0.545. The number of nitrogens with one attached hydrogen (secondary N) is 2. The quantitative estimate of drug-likeness (QED) is 0.686. The zero-order chi connectivity index (χ0) is 13.5. The van der Waals surface area contributed by atoms with Crippen LogP contribution in [0.3, 0.4) is 0 Å². The van der Waals surface area contributed by atoms with Gasteiger partial charge in [-0.1, -0.05) is 6.92 Å². The van der Waals surface area contributed by atoms with Gasteiger partial charge in [0.1, 0.15) is 6.04 Å². The van der Waals surface area contributed by atoms with E-state index in [1.165, 1.54) is 0 Å². The first-order valence-corrected chi connectivity index (χ1v) is 5.78. The van der Waals surface area contributed by atoms with Gasteiger partial charge in [0.05, 0.1) is 6.33 Å². The molecule has 0 saturated carbocycles. The number of aromatic nitrogens is 2. The number of nitrogens with zero attached hydrogens (tertiary/aromatic N) is 2. The standard InChI is InChI=1S/C11H18N4O3/c1-3-9(10(16)17)14-11(18)13-8(2)6-15-5-4-12-7-15/h4-5,7-9H,3,6H2,1-2H3,(H,16,17)(H2,13,14,18)/t8?,9-/m0/s1. The molecule has 1 heterocycles. The molecule has 2 amide bonds. The van der Waals surface area contributed by atoms with Crippen molar-refractivity contribution >= 4 is 12.0 Å². The van der Waals surface area contributed by atoms with Crippen molar-refractivity contribution < 1.29 is 14.7 Å². The Bertz CT molecular complexity index is 391. The number of imidazole rings is 1. The van der Waals surface area contributed by atoms with Gasteiger partial charge in [-0.15, -0.1) is 0 Å². The molecule has 1 aromatic heterocycles. The van der Waals surface area contributed by atoms with E-state index in [2.05, 4.69) is 15.6 Å². The van der Waals surface area contributed by atoms with Crippen molar-refractivity contribution in [3.05, 3.63) is 18.7 Å². The van der Waals surface area contributed by atoms with Crippen LogP contribution in [0.1, 0.15) is 20.3 Å². The summed E-state index contributed by atoms with van der Waals surface area (Å²) < 4.78 is 1.83. The van der Waals surface area contributed by atoms with Crippen molar-refractivity contribution in [1.29, 1.82) is 0 Å². The lowest BCUT2D eigenvalue weighted by molar-refractivity contribution is -0.139. The van der Waals surface area contributed by atoms with E-state index in [1.807, 2.05) is 11.5 Å². The molecule has 3 N–H and O–H groups in total. The van der Waals surface area contributed by atoms with Crippen LogP contribution in [-0.4, -0.2) is 38.7 Å². The first-order chi connectivity index (χ1) is 8.52. The minimum absolute atomic E-state index is 0.120. The predicted octanol–water partition coefficient (Wildman–Crippen LogP) is 0.434. The van der Waals surface area contributed by atoms with Crippen molar-refractivity contribution in [2.24, 2.45) is 0 Å². The minimum atomic E-state index is -1.03. The summed E-state index contributed by atoms with van der Waals surface area (Å²) in [5.74, 6) is -1.03. The van der Waals surface area contributed by atoms with Gasteiger partial charge in [-0.05, 0) is 13.3 Å². The van der Waals surface area contributed by atoms with Crippen LogP contribution in [-0.2, 0) is 11.3 Å². The topological polar surface area (TPSA) is 96.3 Å². The number of aliphatic carboxylic acids is 1. The van der Waals surface area contributed by atoms with Gasteiger partial charge in [-0.3, -0.25) is 0 Å². The number of rotatable bonds is 6. The van der Waals surface area contributed by atoms with E-state index in [0.717, 1.165) is 0 Å². The first kappa shape index (κ1) is 14.0. The van der Waals surface area contributed by atoms with Crippen molar-refractivity contribution in [2.45, 2.75) is 38.9 Å². The first-order valence-electron chi connectivity index (χ1n) is 5.78. The van der Waals surface area contributed by atoms with Gasteiger partial charge < -0.3 is 20.3 Å². The van der Waals surface area contributed by atoms with Crippen LogP contribution < -0.4 is 10.6 Å². The van der Waals surface area contributed by atoms with Gasteiger partial charge in [-0.25, -0.2) is 14.6 Å². The number of hydrogen-bond acceptors (Lipinski definition) is 3. The monoisotopic (exact) mass is 254 g/mol. The third kappa shape index (κ3) is 4.44. The molecule has 7 heteroatoms. The average Bonchev–Trinajstić information content (AvgIpc) is 2.77. The number of urea groups is 1. The highest BCUT2D eigenvalue weighted by Gasteiger charge is 2.18. The smallest absolute Gasteiger partial charge is 0.326 e. The Balaban J connectivity index is 2.37. The summed E-state index contributed by atoms with van der Waals surface area (Å²) in [5, 5.41) is 13.9. The van der Waals surface area contributed by atoms with Crippen LogP contribution in [0.5, 0.6) is 0 Å². The zero-order valence-electron chi connectivity index (χ0n) is 10.5. The molecule has 1 aromatic rings. The Kier molecular flexibility index (Phi) is 5.16. The minimum Gasteiger partial charge on any atom is -0.480 e. The fourth-order valence-electron chi connectivity index (χ4n) is 1.52. The molecule has 0 fully saturated rings. The summed E-state index contributed by atoms with van der Waals surface area (Å²) >= 11 is 0. The Morgan fingerprint density at radius 2 is 2.17 bits per heavy atom. The molecule has 2 atom stereocenters. The largest absolute Gasteiger partial charge is 0.480 e. The molecular weight excluding hydrogens is 236 g/mol. The van der Waals surface area contributed by atoms with E-state index in [0.29, 0.717) is 13.0 Å². The summed E-state index contributed by atoms with van der Waals surface area (Å²) in [6, 6.07) is -1.45. The number of hydrogen-bond donors (Lipinski definition) is 3. The van der Waals surface area contributed by atoms with Gasteiger partial charge in [0, 0.05) is 25.0 Å². The van der Waals surface area contributed by atoms with E-state index in [-0.39, 0.29) is 6.04 Å². The van der Waals surface area contributed by atoms with Crippen LogP contribution in [0.15, 0.2) is 18.7 Å². The fourth-order valence-corrected chi connectivity index (χ4v) is 1.52. The van der Waals surface area contributed by atoms with E-state index < -0.39 is 18.0 Å². The van der Waals surface area contributed by atoms with Gasteiger partial charge in [-0.2, -0.15) is 0 Å². The normalized spacial score (nSPS) is 13.7. The van der Waals surface area contributed by atoms with Gasteiger partial charge in [0.2, 0.25) is 0 Å². The molecule has 0 aliphatic heterocycles. The number of amides is 2. The lowest BCUT2D eigenvalue weighted by atomic mass is 10.2. The SMILES string of the molecule is CC[C@H](NC(=O)NC(C)Cn1ccnc1)C(=O)O. The van der Waals surface area contributed by atoms with Crippen LogP contribution in [0.2, 0.25) is 0 Å². The molecule has 18 heavy (non-hydrogen) atoms. The lowest BCUT2D eigenvalue weighted by Gasteiger charge is -2.17. The molecule has 0 aliphatic rings. The van der Waals surface area contributed by atoms with Crippen molar-refractivity contribution in [2.75, 3.05) is 0 Å². The van der Waals surface area contributed by atoms with Crippen LogP contribution in [0.4, 0.5) is 4.79 Å². The number of carbonyl (C=O) groups excluding carboxylic acids is 1. The molecule has 0 aliphatic carbocycles.